The zero-order chi connectivity index (χ0) is 20.6. The van der Waals surface area contributed by atoms with E-state index < -0.39 is 11.7 Å². The number of esters is 1. The molecule has 3 rings (SSSR count). The molecular formula is C22H24N2O5. The lowest BCUT2D eigenvalue weighted by molar-refractivity contribution is -0.149. The second kappa shape index (κ2) is 9.73. The van der Waals surface area contributed by atoms with Crippen molar-refractivity contribution in [3.8, 4) is 0 Å². The number of ether oxygens (including phenoxy) is 1. The molecule has 1 heterocycles. The highest BCUT2D eigenvalue weighted by molar-refractivity contribution is 5.81. The molecule has 7 nitrogen and oxygen atoms in total. The van der Waals surface area contributed by atoms with Gasteiger partial charge in [-0.05, 0) is 24.1 Å². The predicted molar refractivity (Wildman–Crippen MR) is 108 cm³/mol. The van der Waals surface area contributed by atoms with Crippen LogP contribution in [0.2, 0.25) is 0 Å². The first-order valence-corrected chi connectivity index (χ1v) is 9.66. The molecule has 3 aromatic rings. The molecule has 0 radical (unpaired) electrons. The van der Waals surface area contributed by atoms with Crippen LogP contribution in [0, 0.1) is 0 Å². The molecule has 2 aromatic carbocycles. The molecule has 0 bridgehead atoms. The number of benzene rings is 2. The number of rotatable bonds is 9. The molecule has 1 aromatic heterocycles. The number of hydrogen-bond donors (Lipinski definition) is 1. The van der Waals surface area contributed by atoms with Gasteiger partial charge < -0.3 is 14.5 Å². The highest BCUT2D eigenvalue weighted by Crippen LogP contribution is 2.18. The molecule has 0 saturated carbocycles. The molecule has 0 saturated heterocycles. The van der Waals surface area contributed by atoms with E-state index in [1.165, 1.54) is 4.57 Å². The molecule has 1 N–H and O–H groups in total. The fourth-order valence-corrected chi connectivity index (χ4v) is 3.18. The van der Waals surface area contributed by atoms with E-state index in [2.05, 4.69) is 5.32 Å². The van der Waals surface area contributed by atoms with Gasteiger partial charge >= 0.3 is 11.7 Å². The number of para-hydroxylation sites is 2. The lowest BCUT2D eigenvalue weighted by atomic mass is 10.0. The van der Waals surface area contributed by atoms with Crippen LogP contribution in [-0.2, 0) is 20.9 Å². The van der Waals surface area contributed by atoms with Gasteiger partial charge in [-0.15, -0.1) is 0 Å². The molecule has 0 aliphatic carbocycles. The first kappa shape index (κ1) is 20.4. The number of aryl methyl sites for hydroxylation is 1. The van der Waals surface area contributed by atoms with Gasteiger partial charge in [0.25, 0.3) is 5.91 Å². The summed E-state index contributed by atoms with van der Waals surface area (Å²) < 4.78 is 11.6. The van der Waals surface area contributed by atoms with E-state index >= 15 is 0 Å². The molecule has 0 unspecified atom stereocenters. The number of fused-ring (bicyclic) bond motifs is 1. The van der Waals surface area contributed by atoms with Crippen molar-refractivity contribution in [2.75, 3.05) is 6.61 Å². The van der Waals surface area contributed by atoms with E-state index in [9.17, 15) is 14.4 Å². The van der Waals surface area contributed by atoms with E-state index in [1.54, 1.807) is 24.3 Å². The normalized spacial score (nSPS) is 11.9. The van der Waals surface area contributed by atoms with Crippen LogP contribution in [0.15, 0.2) is 63.8 Å². The molecular weight excluding hydrogens is 372 g/mol. The molecule has 1 atom stereocenters. The molecule has 0 spiro atoms. The van der Waals surface area contributed by atoms with Crippen LogP contribution in [-0.4, -0.2) is 23.1 Å². The van der Waals surface area contributed by atoms with Crippen molar-refractivity contribution < 1.29 is 18.7 Å². The monoisotopic (exact) mass is 396 g/mol. The number of amides is 1. The molecule has 29 heavy (non-hydrogen) atoms. The summed E-state index contributed by atoms with van der Waals surface area (Å²) in [6.45, 7) is 1.81. The van der Waals surface area contributed by atoms with Gasteiger partial charge in [-0.3, -0.25) is 14.2 Å². The maximum absolute atomic E-state index is 12.2. The Labute approximate surface area is 168 Å². The van der Waals surface area contributed by atoms with E-state index in [1.807, 2.05) is 37.3 Å². The van der Waals surface area contributed by atoms with Crippen molar-refractivity contribution in [1.82, 2.24) is 9.88 Å². The van der Waals surface area contributed by atoms with E-state index in [0.29, 0.717) is 11.1 Å². The summed E-state index contributed by atoms with van der Waals surface area (Å²) in [5.41, 5.74) is 2.10. The first-order valence-electron chi connectivity index (χ1n) is 9.66. The Morgan fingerprint density at radius 2 is 1.83 bits per heavy atom. The van der Waals surface area contributed by atoms with Gasteiger partial charge in [-0.1, -0.05) is 55.8 Å². The second-order valence-corrected chi connectivity index (χ2v) is 6.72. The zero-order valence-electron chi connectivity index (χ0n) is 16.3. The fourth-order valence-electron chi connectivity index (χ4n) is 3.18. The number of oxazole rings is 1. The summed E-state index contributed by atoms with van der Waals surface area (Å²) in [4.78, 5) is 36.1. The standard InChI is InChI=1S/C22H24N2O5/c1-2-8-17(16-9-4-3-5-10-16)23-20(25)15-28-21(26)13-14-24-18-11-6-7-12-19(18)29-22(24)27/h3-7,9-12,17H,2,8,13-15H2,1H3,(H,23,25)/t17-/m1/s1. The summed E-state index contributed by atoms with van der Waals surface area (Å²) in [5, 5.41) is 2.91. The number of nitrogens with one attached hydrogen (secondary N) is 1. The van der Waals surface area contributed by atoms with Crippen LogP contribution in [0.5, 0.6) is 0 Å². The molecule has 0 fully saturated rings. The number of carbonyl (C=O) groups is 2. The summed E-state index contributed by atoms with van der Waals surface area (Å²) >= 11 is 0. The van der Waals surface area contributed by atoms with E-state index in [0.717, 1.165) is 18.4 Å². The Hall–Kier alpha value is -3.35. The number of carbonyl (C=O) groups excluding carboxylic acids is 2. The number of hydrogen-bond acceptors (Lipinski definition) is 5. The second-order valence-electron chi connectivity index (χ2n) is 6.72. The number of nitrogens with zero attached hydrogens (tertiary/aromatic N) is 1. The van der Waals surface area contributed by atoms with Crippen LogP contribution in [0.1, 0.15) is 37.8 Å². The lowest BCUT2D eigenvalue weighted by Gasteiger charge is -2.18. The highest BCUT2D eigenvalue weighted by Gasteiger charge is 2.16. The minimum Gasteiger partial charge on any atom is -0.456 e. The van der Waals surface area contributed by atoms with Crippen LogP contribution in [0.3, 0.4) is 0 Å². The van der Waals surface area contributed by atoms with Crippen molar-refractivity contribution in [2.45, 2.75) is 38.8 Å². The van der Waals surface area contributed by atoms with Gasteiger partial charge in [0.1, 0.15) is 0 Å². The molecule has 0 aliphatic heterocycles. The van der Waals surface area contributed by atoms with E-state index in [4.69, 9.17) is 9.15 Å². The zero-order valence-corrected chi connectivity index (χ0v) is 16.3. The van der Waals surface area contributed by atoms with Crippen molar-refractivity contribution >= 4 is 23.0 Å². The van der Waals surface area contributed by atoms with Gasteiger partial charge in [0.2, 0.25) is 0 Å². The van der Waals surface area contributed by atoms with Crippen molar-refractivity contribution in [2.24, 2.45) is 0 Å². The average Bonchev–Trinajstić information content (AvgIpc) is 3.06. The van der Waals surface area contributed by atoms with Crippen molar-refractivity contribution in [3.05, 3.63) is 70.7 Å². The maximum atomic E-state index is 12.2. The minimum atomic E-state index is -0.552. The summed E-state index contributed by atoms with van der Waals surface area (Å²) in [7, 11) is 0. The smallest absolute Gasteiger partial charge is 0.419 e. The van der Waals surface area contributed by atoms with Gasteiger partial charge in [-0.2, -0.15) is 0 Å². The van der Waals surface area contributed by atoms with Crippen molar-refractivity contribution in [3.63, 3.8) is 0 Å². The van der Waals surface area contributed by atoms with Crippen LogP contribution in [0.25, 0.3) is 11.1 Å². The number of aromatic nitrogens is 1. The predicted octanol–water partition coefficient (Wildman–Crippen LogP) is 3.19. The van der Waals surface area contributed by atoms with Crippen LogP contribution in [0.4, 0.5) is 0 Å². The Kier molecular flexibility index (Phi) is 6.84. The maximum Gasteiger partial charge on any atom is 0.419 e. The summed E-state index contributed by atoms with van der Waals surface area (Å²) in [6.07, 6.45) is 1.67. The Morgan fingerprint density at radius 1 is 1.10 bits per heavy atom. The van der Waals surface area contributed by atoms with Crippen LogP contribution < -0.4 is 11.1 Å². The highest BCUT2D eigenvalue weighted by atomic mass is 16.5. The molecule has 152 valence electrons. The topological polar surface area (TPSA) is 90.5 Å². The summed E-state index contributed by atoms with van der Waals surface area (Å²) in [6, 6.07) is 16.6. The van der Waals surface area contributed by atoms with E-state index in [-0.39, 0.29) is 31.5 Å². The third-order valence-electron chi connectivity index (χ3n) is 4.59. The van der Waals surface area contributed by atoms with Gasteiger partial charge in [0.15, 0.2) is 12.2 Å². The lowest BCUT2D eigenvalue weighted by Crippen LogP contribution is -2.32. The van der Waals surface area contributed by atoms with Gasteiger partial charge in [-0.25, -0.2) is 4.79 Å². The molecule has 7 heteroatoms. The fraction of sp³-hybridized carbons (Fsp3) is 0.318. The third kappa shape index (κ3) is 5.34. The quantitative estimate of drug-likeness (QED) is 0.561. The Bertz CT molecular complexity index is 1020. The molecule has 0 aliphatic rings. The Balaban J connectivity index is 1.50. The first-order chi connectivity index (χ1) is 14.1. The largest absolute Gasteiger partial charge is 0.456 e. The van der Waals surface area contributed by atoms with Gasteiger partial charge in [0, 0.05) is 6.54 Å². The SMILES string of the molecule is CCC[C@@H](NC(=O)COC(=O)CCn1c(=O)oc2ccccc21)c1ccccc1. The Morgan fingerprint density at radius 3 is 2.59 bits per heavy atom. The summed E-state index contributed by atoms with van der Waals surface area (Å²) in [5.74, 6) is -1.43. The third-order valence-corrected chi connectivity index (χ3v) is 4.59. The van der Waals surface area contributed by atoms with Crippen LogP contribution >= 0.6 is 0 Å². The minimum absolute atomic E-state index is 0.0339. The molecule has 1 amide bonds. The average molecular weight is 396 g/mol. The van der Waals surface area contributed by atoms with Crippen molar-refractivity contribution in [1.29, 1.82) is 0 Å². The van der Waals surface area contributed by atoms with Gasteiger partial charge in [0.05, 0.1) is 18.0 Å².